The second kappa shape index (κ2) is 8.76. The van der Waals surface area contributed by atoms with E-state index < -0.39 is 20.7 Å². The molecule has 2 amide bonds. The van der Waals surface area contributed by atoms with Crippen LogP contribution in [0.3, 0.4) is 0 Å². The molecule has 3 rings (SSSR count). The lowest BCUT2D eigenvalue weighted by Crippen LogP contribution is -2.51. The van der Waals surface area contributed by atoms with Gasteiger partial charge in [0.25, 0.3) is 5.91 Å². The number of hydrogen-bond donors (Lipinski definition) is 0. The highest BCUT2D eigenvalue weighted by Gasteiger charge is 2.31. The third-order valence-corrected chi connectivity index (χ3v) is 7.05. The van der Waals surface area contributed by atoms with Crippen LogP contribution in [0.4, 0.5) is 4.39 Å². The van der Waals surface area contributed by atoms with Crippen LogP contribution in [0.5, 0.6) is 0 Å². The van der Waals surface area contributed by atoms with E-state index in [2.05, 4.69) is 0 Å². The van der Waals surface area contributed by atoms with Gasteiger partial charge in [-0.1, -0.05) is 13.8 Å². The van der Waals surface area contributed by atoms with Crippen LogP contribution in [0.2, 0.25) is 0 Å². The zero-order chi connectivity index (χ0) is 21.2. The number of carbonyl (C=O) groups is 2. The predicted molar refractivity (Wildman–Crippen MR) is 103 cm³/mol. The molecule has 10 heteroatoms. The van der Waals surface area contributed by atoms with Crippen molar-refractivity contribution in [2.75, 3.05) is 52.5 Å². The fourth-order valence-corrected chi connectivity index (χ4v) is 4.94. The minimum absolute atomic E-state index is 0.0396. The lowest BCUT2D eigenvalue weighted by molar-refractivity contribution is -0.135. The van der Waals surface area contributed by atoms with Crippen LogP contribution in [-0.4, -0.2) is 86.8 Å². The average Bonchev–Trinajstić information content (AvgIpc) is 2.73. The minimum Gasteiger partial charge on any atom is -0.379 e. The zero-order valence-corrected chi connectivity index (χ0v) is 17.5. The lowest BCUT2D eigenvalue weighted by Gasteiger charge is -2.35. The number of halogens is 1. The van der Waals surface area contributed by atoms with Crippen molar-refractivity contribution in [3.63, 3.8) is 0 Å². The van der Waals surface area contributed by atoms with Gasteiger partial charge in [-0.05, 0) is 18.2 Å². The third kappa shape index (κ3) is 4.59. The smallest absolute Gasteiger partial charge is 0.254 e. The standard InChI is InChI=1S/C19H26FN3O5S/c1-14(2)18(24)21-5-7-22(8-6-21)19(25)15-3-4-16(20)17(13-15)29(26,27)23-9-11-28-12-10-23/h3-4,13-14H,5-12H2,1-2H3. The van der Waals surface area contributed by atoms with Gasteiger partial charge in [-0.2, -0.15) is 4.31 Å². The fourth-order valence-electron chi connectivity index (χ4n) is 3.44. The highest BCUT2D eigenvalue weighted by molar-refractivity contribution is 7.89. The summed E-state index contributed by atoms with van der Waals surface area (Å²) in [6.07, 6.45) is 0. The Hall–Kier alpha value is -2.04. The van der Waals surface area contributed by atoms with Gasteiger partial charge >= 0.3 is 0 Å². The van der Waals surface area contributed by atoms with E-state index in [1.54, 1.807) is 9.80 Å². The Morgan fingerprint density at radius 2 is 1.59 bits per heavy atom. The molecule has 0 unspecified atom stereocenters. The summed E-state index contributed by atoms with van der Waals surface area (Å²) >= 11 is 0. The summed E-state index contributed by atoms with van der Waals surface area (Å²) in [7, 11) is -4.05. The van der Waals surface area contributed by atoms with Crippen molar-refractivity contribution in [3.05, 3.63) is 29.6 Å². The molecule has 2 saturated heterocycles. The Morgan fingerprint density at radius 1 is 1.00 bits per heavy atom. The molecule has 2 aliphatic heterocycles. The number of amides is 2. The summed E-state index contributed by atoms with van der Waals surface area (Å²) in [4.78, 5) is 27.7. The Morgan fingerprint density at radius 3 is 2.17 bits per heavy atom. The maximum absolute atomic E-state index is 14.3. The van der Waals surface area contributed by atoms with Gasteiger partial charge in [-0.3, -0.25) is 9.59 Å². The molecular formula is C19H26FN3O5S. The number of morpholine rings is 1. The first-order valence-corrected chi connectivity index (χ1v) is 11.1. The summed E-state index contributed by atoms with van der Waals surface area (Å²) < 4.78 is 46.3. The van der Waals surface area contributed by atoms with Crippen molar-refractivity contribution in [3.8, 4) is 0 Å². The van der Waals surface area contributed by atoms with Crippen molar-refractivity contribution < 1.29 is 27.1 Å². The van der Waals surface area contributed by atoms with Crippen molar-refractivity contribution in [2.24, 2.45) is 5.92 Å². The van der Waals surface area contributed by atoms with Crippen LogP contribution in [0.25, 0.3) is 0 Å². The molecular weight excluding hydrogens is 401 g/mol. The molecule has 1 aromatic rings. The van der Waals surface area contributed by atoms with Crippen LogP contribution in [0.15, 0.2) is 23.1 Å². The Balaban J connectivity index is 1.76. The molecule has 160 valence electrons. The molecule has 0 N–H and O–H groups in total. The first-order chi connectivity index (χ1) is 13.7. The first-order valence-electron chi connectivity index (χ1n) is 9.67. The first kappa shape index (κ1) is 21.7. The van der Waals surface area contributed by atoms with E-state index in [0.29, 0.717) is 26.2 Å². The summed E-state index contributed by atoms with van der Waals surface area (Å²) in [6.45, 7) is 5.98. The SMILES string of the molecule is CC(C)C(=O)N1CCN(C(=O)c2ccc(F)c(S(=O)(=O)N3CCOCC3)c2)CC1. The van der Waals surface area contributed by atoms with E-state index in [0.717, 1.165) is 12.1 Å². The Labute approximate surface area is 170 Å². The van der Waals surface area contributed by atoms with Crippen molar-refractivity contribution in [1.82, 2.24) is 14.1 Å². The van der Waals surface area contributed by atoms with Gasteiger partial charge in [0.15, 0.2) is 0 Å². The molecule has 29 heavy (non-hydrogen) atoms. The molecule has 0 aliphatic carbocycles. The van der Waals surface area contributed by atoms with E-state index in [9.17, 15) is 22.4 Å². The van der Waals surface area contributed by atoms with Gasteiger partial charge in [0.2, 0.25) is 15.9 Å². The normalized spacial score (nSPS) is 18.9. The number of piperazine rings is 1. The topological polar surface area (TPSA) is 87.2 Å². The molecule has 0 bridgehead atoms. The number of sulfonamides is 1. The summed E-state index contributed by atoms with van der Waals surface area (Å²) in [5, 5.41) is 0. The second-order valence-electron chi connectivity index (χ2n) is 7.43. The van der Waals surface area contributed by atoms with Crippen molar-refractivity contribution >= 4 is 21.8 Å². The van der Waals surface area contributed by atoms with E-state index in [-0.39, 0.29) is 49.6 Å². The van der Waals surface area contributed by atoms with Gasteiger partial charge in [0.05, 0.1) is 13.2 Å². The summed E-state index contributed by atoms with van der Waals surface area (Å²) in [5.41, 5.74) is 0.113. The predicted octanol–water partition coefficient (Wildman–Crippen LogP) is 0.787. The van der Waals surface area contributed by atoms with Crippen LogP contribution >= 0.6 is 0 Å². The number of rotatable bonds is 4. The van der Waals surface area contributed by atoms with Crippen molar-refractivity contribution in [1.29, 1.82) is 0 Å². The third-order valence-electron chi connectivity index (χ3n) is 5.14. The fraction of sp³-hybridized carbons (Fsp3) is 0.579. The Bertz CT molecular complexity index is 876. The highest BCUT2D eigenvalue weighted by atomic mass is 32.2. The zero-order valence-electron chi connectivity index (χ0n) is 16.6. The summed E-state index contributed by atoms with van der Waals surface area (Å²) in [6, 6.07) is 3.41. The second-order valence-corrected chi connectivity index (χ2v) is 9.34. The van der Waals surface area contributed by atoms with E-state index in [1.165, 1.54) is 10.4 Å². The van der Waals surface area contributed by atoms with Gasteiger partial charge < -0.3 is 14.5 Å². The maximum Gasteiger partial charge on any atom is 0.254 e. The van der Waals surface area contributed by atoms with E-state index in [4.69, 9.17) is 4.74 Å². The van der Waals surface area contributed by atoms with E-state index >= 15 is 0 Å². The Kier molecular flexibility index (Phi) is 6.55. The molecule has 2 heterocycles. The van der Waals surface area contributed by atoms with Crippen LogP contribution in [0.1, 0.15) is 24.2 Å². The van der Waals surface area contributed by atoms with Gasteiger partial charge in [-0.25, -0.2) is 12.8 Å². The molecule has 0 spiro atoms. The molecule has 0 aromatic heterocycles. The largest absolute Gasteiger partial charge is 0.379 e. The molecule has 2 aliphatic rings. The molecule has 0 atom stereocenters. The molecule has 0 radical (unpaired) electrons. The highest BCUT2D eigenvalue weighted by Crippen LogP contribution is 2.23. The van der Waals surface area contributed by atoms with Crippen LogP contribution in [0, 0.1) is 11.7 Å². The number of hydrogen-bond acceptors (Lipinski definition) is 5. The summed E-state index contributed by atoms with van der Waals surface area (Å²) in [5.74, 6) is -1.33. The molecule has 0 saturated carbocycles. The van der Waals surface area contributed by atoms with Crippen LogP contribution < -0.4 is 0 Å². The number of benzene rings is 1. The van der Waals surface area contributed by atoms with Crippen LogP contribution in [-0.2, 0) is 19.6 Å². The van der Waals surface area contributed by atoms with Gasteiger partial charge in [0, 0.05) is 50.7 Å². The molecule has 2 fully saturated rings. The number of nitrogens with zero attached hydrogens (tertiary/aromatic N) is 3. The monoisotopic (exact) mass is 427 g/mol. The maximum atomic E-state index is 14.3. The van der Waals surface area contributed by atoms with Gasteiger partial charge in [0.1, 0.15) is 10.7 Å². The van der Waals surface area contributed by atoms with Crippen molar-refractivity contribution in [2.45, 2.75) is 18.7 Å². The number of carbonyl (C=O) groups excluding carboxylic acids is 2. The number of ether oxygens (including phenoxy) is 1. The average molecular weight is 427 g/mol. The molecule has 1 aromatic carbocycles. The molecule has 8 nitrogen and oxygen atoms in total. The van der Waals surface area contributed by atoms with E-state index in [1.807, 2.05) is 13.8 Å². The quantitative estimate of drug-likeness (QED) is 0.709. The minimum atomic E-state index is -4.05. The lowest BCUT2D eigenvalue weighted by atomic mass is 10.1. The van der Waals surface area contributed by atoms with Gasteiger partial charge in [-0.15, -0.1) is 0 Å².